The van der Waals surface area contributed by atoms with E-state index in [9.17, 15) is 4.79 Å². The van der Waals surface area contributed by atoms with Crippen LogP contribution in [-0.4, -0.2) is 16.1 Å². The van der Waals surface area contributed by atoms with Crippen molar-refractivity contribution in [2.75, 3.05) is 0 Å². The fraction of sp³-hybridized carbons (Fsp3) is 0.286. The number of aromatic nitrogens is 1. The summed E-state index contributed by atoms with van der Waals surface area (Å²) in [6.07, 6.45) is 0.985. The van der Waals surface area contributed by atoms with Crippen molar-refractivity contribution in [1.29, 1.82) is 0 Å². The minimum absolute atomic E-state index is 0.0114. The first-order valence-electron chi connectivity index (χ1n) is 6.19. The van der Waals surface area contributed by atoms with Crippen LogP contribution in [0.3, 0.4) is 0 Å². The van der Waals surface area contributed by atoms with Gasteiger partial charge in [-0.3, -0.25) is 0 Å². The van der Waals surface area contributed by atoms with Gasteiger partial charge in [0.25, 0.3) is 5.19 Å². The van der Waals surface area contributed by atoms with E-state index in [4.69, 9.17) is 21.4 Å². The van der Waals surface area contributed by atoms with Crippen molar-refractivity contribution in [3.8, 4) is 10.9 Å². The first-order chi connectivity index (χ1) is 9.52. The molecule has 0 saturated carbocycles. The standard InChI is InChI=1S/C14H14ClNO3S/c1-3-8(2)9-6-4-5-7-10(9)19-14-16-12(15)11(20-14)13(17)18/h4-8H,3H2,1-2H3,(H,17,18). The van der Waals surface area contributed by atoms with Crippen LogP contribution in [0.5, 0.6) is 10.9 Å². The van der Waals surface area contributed by atoms with Crippen LogP contribution in [0, 0.1) is 0 Å². The lowest BCUT2D eigenvalue weighted by molar-refractivity contribution is 0.0702. The van der Waals surface area contributed by atoms with Gasteiger partial charge >= 0.3 is 5.97 Å². The summed E-state index contributed by atoms with van der Waals surface area (Å²) in [6.45, 7) is 4.21. The Balaban J connectivity index is 2.31. The van der Waals surface area contributed by atoms with Crippen LogP contribution in [0.1, 0.15) is 41.4 Å². The molecule has 1 heterocycles. The van der Waals surface area contributed by atoms with Crippen LogP contribution in [0.4, 0.5) is 0 Å². The summed E-state index contributed by atoms with van der Waals surface area (Å²) >= 11 is 6.70. The van der Waals surface area contributed by atoms with E-state index in [0.717, 1.165) is 23.3 Å². The van der Waals surface area contributed by atoms with Gasteiger partial charge in [0.05, 0.1) is 0 Å². The second kappa shape index (κ2) is 6.24. The third kappa shape index (κ3) is 3.11. The zero-order chi connectivity index (χ0) is 14.7. The van der Waals surface area contributed by atoms with Gasteiger partial charge in [0, 0.05) is 0 Å². The van der Waals surface area contributed by atoms with Gasteiger partial charge in [-0.2, -0.15) is 4.98 Å². The molecule has 6 heteroatoms. The van der Waals surface area contributed by atoms with Crippen molar-refractivity contribution in [1.82, 2.24) is 4.98 Å². The number of carboxylic acid groups (broad SMARTS) is 1. The van der Waals surface area contributed by atoms with Crippen LogP contribution in [-0.2, 0) is 0 Å². The average Bonchev–Trinajstić information content (AvgIpc) is 2.79. The van der Waals surface area contributed by atoms with Gasteiger partial charge in [-0.25, -0.2) is 4.79 Å². The minimum Gasteiger partial charge on any atom is -0.477 e. The molecule has 0 fully saturated rings. The average molecular weight is 312 g/mol. The number of carboxylic acids is 1. The maximum Gasteiger partial charge on any atom is 0.349 e. The highest BCUT2D eigenvalue weighted by molar-refractivity contribution is 7.15. The largest absolute Gasteiger partial charge is 0.477 e. The Morgan fingerprint density at radius 1 is 1.50 bits per heavy atom. The van der Waals surface area contributed by atoms with E-state index in [0.29, 0.717) is 11.7 Å². The van der Waals surface area contributed by atoms with Crippen molar-refractivity contribution < 1.29 is 14.6 Å². The summed E-state index contributed by atoms with van der Waals surface area (Å²) in [7, 11) is 0. The number of rotatable bonds is 5. The third-order valence-corrected chi connectivity index (χ3v) is 4.33. The summed E-state index contributed by atoms with van der Waals surface area (Å²) in [4.78, 5) is 14.9. The van der Waals surface area contributed by atoms with Crippen molar-refractivity contribution in [3.05, 3.63) is 39.9 Å². The monoisotopic (exact) mass is 311 g/mol. The number of thiazole rings is 1. The Morgan fingerprint density at radius 2 is 2.20 bits per heavy atom. The highest BCUT2D eigenvalue weighted by atomic mass is 35.5. The van der Waals surface area contributed by atoms with E-state index in [1.807, 2.05) is 24.3 Å². The number of carbonyl (C=O) groups is 1. The van der Waals surface area contributed by atoms with Crippen LogP contribution in [0.2, 0.25) is 5.15 Å². The molecule has 0 aliphatic heterocycles. The normalized spacial score (nSPS) is 12.2. The molecule has 4 nitrogen and oxygen atoms in total. The topological polar surface area (TPSA) is 59.4 Å². The van der Waals surface area contributed by atoms with E-state index < -0.39 is 5.97 Å². The number of hydrogen-bond acceptors (Lipinski definition) is 4. The smallest absolute Gasteiger partial charge is 0.349 e. The Labute approximate surface area is 126 Å². The number of aromatic carboxylic acids is 1. The molecule has 0 aliphatic carbocycles. The molecular formula is C14H14ClNO3S. The molecule has 0 radical (unpaired) electrons. The van der Waals surface area contributed by atoms with Crippen LogP contribution in [0.15, 0.2) is 24.3 Å². The molecule has 0 bridgehead atoms. The number of halogens is 1. The maximum absolute atomic E-state index is 10.9. The minimum atomic E-state index is -1.10. The number of para-hydroxylation sites is 1. The highest BCUT2D eigenvalue weighted by Crippen LogP contribution is 2.36. The van der Waals surface area contributed by atoms with Crippen LogP contribution >= 0.6 is 22.9 Å². The Morgan fingerprint density at radius 3 is 2.80 bits per heavy atom. The molecule has 2 rings (SSSR count). The van der Waals surface area contributed by atoms with Gasteiger partial charge in [0.2, 0.25) is 0 Å². The van der Waals surface area contributed by atoms with Gasteiger partial charge in [-0.05, 0) is 24.0 Å². The molecule has 1 aromatic heterocycles. The predicted molar refractivity (Wildman–Crippen MR) is 79.3 cm³/mol. The second-order valence-corrected chi connectivity index (χ2v) is 5.67. The van der Waals surface area contributed by atoms with E-state index >= 15 is 0 Å². The van der Waals surface area contributed by atoms with E-state index in [1.54, 1.807) is 0 Å². The fourth-order valence-electron chi connectivity index (χ4n) is 1.75. The molecule has 1 N–H and O–H groups in total. The molecular weight excluding hydrogens is 298 g/mol. The maximum atomic E-state index is 10.9. The molecule has 0 aliphatic rings. The van der Waals surface area contributed by atoms with Crippen molar-refractivity contribution >= 4 is 28.9 Å². The molecule has 106 valence electrons. The number of benzene rings is 1. The van der Waals surface area contributed by atoms with Crippen molar-refractivity contribution in [3.63, 3.8) is 0 Å². The predicted octanol–water partition coefficient (Wildman–Crippen LogP) is 4.80. The van der Waals surface area contributed by atoms with Crippen LogP contribution < -0.4 is 4.74 Å². The third-order valence-electron chi connectivity index (χ3n) is 3.02. The lowest BCUT2D eigenvalue weighted by atomic mass is 9.98. The molecule has 1 aromatic carbocycles. The van der Waals surface area contributed by atoms with E-state index in [-0.39, 0.29) is 15.2 Å². The molecule has 1 atom stereocenters. The van der Waals surface area contributed by atoms with E-state index in [1.165, 1.54) is 0 Å². The quantitative estimate of drug-likeness (QED) is 0.861. The molecule has 0 saturated heterocycles. The molecule has 2 aromatic rings. The molecule has 1 unspecified atom stereocenters. The van der Waals surface area contributed by atoms with E-state index in [2.05, 4.69) is 18.8 Å². The summed E-state index contributed by atoms with van der Waals surface area (Å²) in [6, 6.07) is 7.66. The summed E-state index contributed by atoms with van der Waals surface area (Å²) in [5.41, 5.74) is 1.07. The highest BCUT2D eigenvalue weighted by Gasteiger charge is 2.18. The summed E-state index contributed by atoms with van der Waals surface area (Å²) in [5.74, 6) is -0.0673. The Kier molecular flexibility index (Phi) is 4.62. The van der Waals surface area contributed by atoms with Gasteiger partial charge in [0.1, 0.15) is 5.75 Å². The Hall–Kier alpha value is -1.59. The van der Waals surface area contributed by atoms with Crippen molar-refractivity contribution in [2.24, 2.45) is 0 Å². The number of nitrogens with zero attached hydrogens (tertiary/aromatic N) is 1. The van der Waals surface area contributed by atoms with Crippen molar-refractivity contribution in [2.45, 2.75) is 26.2 Å². The number of ether oxygens (including phenoxy) is 1. The first-order valence-corrected chi connectivity index (χ1v) is 7.38. The van der Waals surface area contributed by atoms with Gasteiger partial charge in [-0.15, -0.1) is 0 Å². The zero-order valence-electron chi connectivity index (χ0n) is 11.1. The number of hydrogen-bond donors (Lipinski definition) is 1. The van der Waals surface area contributed by atoms with Gasteiger partial charge < -0.3 is 9.84 Å². The van der Waals surface area contributed by atoms with Crippen LogP contribution in [0.25, 0.3) is 0 Å². The van der Waals surface area contributed by atoms with Gasteiger partial charge in [-0.1, -0.05) is 55.0 Å². The SMILES string of the molecule is CCC(C)c1ccccc1Oc1nc(Cl)c(C(=O)O)s1. The zero-order valence-corrected chi connectivity index (χ0v) is 12.7. The Bertz CT molecular complexity index is 627. The molecule has 0 amide bonds. The molecule has 20 heavy (non-hydrogen) atoms. The lowest BCUT2D eigenvalue weighted by Gasteiger charge is -2.13. The fourth-order valence-corrected chi connectivity index (χ4v) is 2.74. The summed E-state index contributed by atoms with van der Waals surface area (Å²) < 4.78 is 5.70. The lowest BCUT2D eigenvalue weighted by Crippen LogP contribution is -1.95. The molecule has 0 spiro atoms. The second-order valence-electron chi connectivity index (χ2n) is 4.35. The van der Waals surface area contributed by atoms with Gasteiger partial charge in [0.15, 0.2) is 10.0 Å². The summed E-state index contributed by atoms with van der Waals surface area (Å²) in [5, 5.41) is 9.15. The first kappa shape index (κ1) is 14.8.